The minimum Gasteiger partial charge on any atom is -0.338 e. The minimum atomic E-state index is 0.478. The molecule has 0 amide bonds. The van der Waals surface area contributed by atoms with E-state index < -0.39 is 0 Å². The molecule has 0 bridgehead atoms. The van der Waals surface area contributed by atoms with E-state index in [-0.39, 0.29) is 0 Å². The van der Waals surface area contributed by atoms with Crippen LogP contribution in [0.1, 0.15) is 25.0 Å². The van der Waals surface area contributed by atoms with Gasteiger partial charge < -0.3 is 16.5 Å². The van der Waals surface area contributed by atoms with E-state index in [1.807, 2.05) is 57.4 Å². The molecule has 0 spiro atoms. The van der Waals surface area contributed by atoms with E-state index in [2.05, 4.69) is 36.3 Å². The first kappa shape index (κ1) is 18.3. The molecule has 0 atom stereocenters. The summed E-state index contributed by atoms with van der Waals surface area (Å²) in [5.74, 6) is 6.71. The average molecular weight is 365 g/mol. The lowest BCUT2D eigenvalue weighted by molar-refractivity contribution is 0.820. The molecule has 3 aromatic rings. The van der Waals surface area contributed by atoms with Crippen LogP contribution in [0.15, 0.2) is 53.1 Å². The molecule has 9 heteroatoms. The monoisotopic (exact) mass is 365 g/mol. The first-order valence-corrected chi connectivity index (χ1v) is 8.50. The van der Waals surface area contributed by atoms with Crippen molar-refractivity contribution >= 4 is 28.6 Å². The Morgan fingerprint density at radius 1 is 1.26 bits per heavy atom. The Balaban J connectivity index is 1.92. The number of nitrogens with zero attached hydrogens (tertiary/aromatic N) is 5. The largest absolute Gasteiger partial charge is 0.338 e. The molecule has 5 N–H and O–H groups in total. The first-order valence-electron chi connectivity index (χ1n) is 8.50. The molecule has 0 aliphatic rings. The van der Waals surface area contributed by atoms with Gasteiger partial charge in [-0.1, -0.05) is 12.1 Å². The van der Waals surface area contributed by atoms with Crippen molar-refractivity contribution in [1.82, 2.24) is 25.3 Å². The van der Waals surface area contributed by atoms with Crippen LogP contribution in [-0.4, -0.2) is 33.2 Å². The lowest BCUT2D eigenvalue weighted by Gasteiger charge is -2.11. The van der Waals surface area contributed by atoms with Crippen molar-refractivity contribution in [2.75, 3.05) is 12.4 Å². The fraction of sp³-hybridized carbons (Fsp3) is 0.222. The van der Waals surface area contributed by atoms with E-state index in [4.69, 9.17) is 5.84 Å². The molecule has 0 unspecified atom stereocenters. The second-order valence-corrected chi connectivity index (χ2v) is 6.13. The summed E-state index contributed by atoms with van der Waals surface area (Å²) < 4.78 is 1.80. The average Bonchev–Trinajstić information content (AvgIpc) is 3.07. The minimum absolute atomic E-state index is 0.478. The van der Waals surface area contributed by atoms with E-state index in [1.54, 1.807) is 4.52 Å². The van der Waals surface area contributed by atoms with E-state index in [0.29, 0.717) is 5.84 Å². The van der Waals surface area contributed by atoms with Gasteiger partial charge in [0.25, 0.3) is 0 Å². The third-order valence-corrected chi connectivity index (χ3v) is 3.82. The van der Waals surface area contributed by atoms with Crippen molar-refractivity contribution in [1.29, 1.82) is 0 Å². The van der Waals surface area contributed by atoms with E-state index in [0.717, 1.165) is 40.4 Å². The zero-order chi connectivity index (χ0) is 19.2. The number of hydrazone groups is 2. The van der Waals surface area contributed by atoms with Crippen LogP contribution < -0.4 is 21.9 Å². The van der Waals surface area contributed by atoms with Crippen molar-refractivity contribution < 1.29 is 0 Å². The van der Waals surface area contributed by atoms with Crippen molar-refractivity contribution in [3.8, 4) is 0 Å². The smallest absolute Gasteiger partial charge is 0.173 e. The number of hydrogen-bond donors (Lipinski definition) is 4. The Morgan fingerprint density at radius 3 is 2.85 bits per heavy atom. The SMILES string of the molecule is CNCc1ccn2ncnc(Nc3cccc(/C(=N\N)NN=C(C)C)c3)c12. The van der Waals surface area contributed by atoms with Gasteiger partial charge in [0.15, 0.2) is 11.7 Å². The summed E-state index contributed by atoms with van der Waals surface area (Å²) in [7, 11) is 1.91. The number of benzene rings is 1. The zero-order valence-electron chi connectivity index (χ0n) is 15.6. The number of aromatic nitrogens is 3. The van der Waals surface area contributed by atoms with Gasteiger partial charge in [-0.15, -0.1) is 0 Å². The molecule has 0 radical (unpaired) electrons. The standard InChI is InChI=1S/C18H23N9/c1-12(2)25-26-17(24-19)13-5-4-6-15(9-13)23-18-16-14(10-20-3)7-8-27(16)22-11-21-18/h4-9,11,20H,10,19H2,1-3H3,(H,24,26)(H,21,22,23). The Bertz CT molecular complexity index is 983. The molecule has 0 saturated carbocycles. The normalized spacial score (nSPS) is 11.4. The summed E-state index contributed by atoms with van der Waals surface area (Å²) >= 11 is 0. The van der Waals surface area contributed by atoms with Gasteiger partial charge in [0, 0.05) is 29.7 Å². The van der Waals surface area contributed by atoms with Crippen LogP contribution in [0, 0.1) is 0 Å². The number of hydrogen-bond acceptors (Lipinski definition) is 7. The Kier molecular flexibility index (Phi) is 5.62. The first-order chi connectivity index (χ1) is 13.1. The van der Waals surface area contributed by atoms with Gasteiger partial charge in [-0.2, -0.15) is 15.3 Å². The molecule has 2 heterocycles. The van der Waals surface area contributed by atoms with Gasteiger partial charge >= 0.3 is 0 Å². The maximum absolute atomic E-state index is 5.51. The molecule has 0 fully saturated rings. The zero-order valence-corrected chi connectivity index (χ0v) is 15.6. The molecular formula is C18H23N9. The summed E-state index contributed by atoms with van der Waals surface area (Å²) in [6.07, 6.45) is 3.44. The highest BCUT2D eigenvalue weighted by atomic mass is 15.3. The van der Waals surface area contributed by atoms with Crippen molar-refractivity contribution in [2.45, 2.75) is 20.4 Å². The lowest BCUT2D eigenvalue weighted by Crippen LogP contribution is -2.21. The number of fused-ring (bicyclic) bond motifs is 1. The summed E-state index contributed by atoms with van der Waals surface area (Å²) in [5, 5.41) is 18.7. The molecule has 140 valence electrons. The lowest BCUT2D eigenvalue weighted by atomic mass is 10.2. The molecule has 9 nitrogen and oxygen atoms in total. The number of amidine groups is 1. The van der Waals surface area contributed by atoms with Crippen LogP contribution in [0.4, 0.5) is 11.5 Å². The Labute approximate surface area is 157 Å². The van der Waals surface area contributed by atoms with Gasteiger partial charge in [0.2, 0.25) is 0 Å². The second kappa shape index (κ2) is 8.28. The van der Waals surface area contributed by atoms with Crippen LogP contribution in [-0.2, 0) is 6.54 Å². The van der Waals surface area contributed by atoms with Gasteiger partial charge in [-0.3, -0.25) is 5.43 Å². The van der Waals surface area contributed by atoms with Gasteiger partial charge in [-0.05, 0) is 44.7 Å². The van der Waals surface area contributed by atoms with Crippen LogP contribution in [0.5, 0.6) is 0 Å². The topological polar surface area (TPSA) is 117 Å². The van der Waals surface area contributed by atoms with Crippen LogP contribution in [0.2, 0.25) is 0 Å². The predicted molar refractivity (Wildman–Crippen MR) is 108 cm³/mol. The third-order valence-electron chi connectivity index (χ3n) is 3.82. The molecule has 3 rings (SSSR count). The molecule has 0 aliphatic heterocycles. The number of nitrogens with one attached hydrogen (secondary N) is 3. The van der Waals surface area contributed by atoms with Crippen LogP contribution >= 0.6 is 0 Å². The summed E-state index contributed by atoms with van der Waals surface area (Å²) in [5.41, 5.74) is 7.44. The Morgan fingerprint density at radius 2 is 2.11 bits per heavy atom. The molecule has 2 aromatic heterocycles. The number of rotatable bonds is 6. The Hall–Kier alpha value is -3.46. The second-order valence-electron chi connectivity index (χ2n) is 6.13. The predicted octanol–water partition coefficient (Wildman–Crippen LogP) is 1.80. The summed E-state index contributed by atoms with van der Waals surface area (Å²) in [6.45, 7) is 4.50. The molecule has 1 aromatic carbocycles. The molecule has 0 saturated heterocycles. The highest BCUT2D eigenvalue weighted by Gasteiger charge is 2.11. The molecule has 0 aliphatic carbocycles. The highest BCUT2D eigenvalue weighted by Crippen LogP contribution is 2.23. The maximum Gasteiger partial charge on any atom is 0.173 e. The van der Waals surface area contributed by atoms with Crippen molar-refractivity contribution in [3.63, 3.8) is 0 Å². The van der Waals surface area contributed by atoms with Gasteiger partial charge in [0.1, 0.15) is 11.8 Å². The van der Waals surface area contributed by atoms with E-state index in [9.17, 15) is 0 Å². The molecular weight excluding hydrogens is 342 g/mol. The summed E-state index contributed by atoms with van der Waals surface area (Å²) in [6, 6.07) is 9.72. The quantitative estimate of drug-likeness (QED) is 0.229. The van der Waals surface area contributed by atoms with Gasteiger partial charge in [0.05, 0.1) is 0 Å². The van der Waals surface area contributed by atoms with Gasteiger partial charge in [-0.25, -0.2) is 9.50 Å². The fourth-order valence-electron chi connectivity index (χ4n) is 2.66. The fourth-order valence-corrected chi connectivity index (χ4v) is 2.66. The molecule has 27 heavy (non-hydrogen) atoms. The number of nitrogens with two attached hydrogens (primary N) is 1. The maximum atomic E-state index is 5.51. The van der Waals surface area contributed by atoms with Crippen molar-refractivity contribution in [3.05, 3.63) is 54.0 Å². The van der Waals surface area contributed by atoms with Crippen LogP contribution in [0.3, 0.4) is 0 Å². The van der Waals surface area contributed by atoms with E-state index in [1.165, 1.54) is 6.33 Å². The highest BCUT2D eigenvalue weighted by molar-refractivity contribution is 6.00. The third kappa shape index (κ3) is 4.21. The van der Waals surface area contributed by atoms with E-state index >= 15 is 0 Å². The number of anilines is 2. The van der Waals surface area contributed by atoms with Crippen LogP contribution in [0.25, 0.3) is 5.52 Å². The summed E-state index contributed by atoms with van der Waals surface area (Å²) in [4.78, 5) is 4.41. The van der Waals surface area contributed by atoms with Crippen molar-refractivity contribution in [2.24, 2.45) is 16.0 Å².